The summed E-state index contributed by atoms with van der Waals surface area (Å²) in [5, 5.41) is 0. The lowest BCUT2D eigenvalue weighted by Crippen LogP contribution is -2.11. The minimum absolute atomic E-state index is 0.349. The van der Waals surface area contributed by atoms with Crippen molar-refractivity contribution in [3.8, 4) is 0 Å². The largest absolute Gasteiger partial charge is 0.399 e. The third kappa shape index (κ3) is 2.89. The summed E-state index contributed by atoms with van der Waals surface area (Å²) in [7, 11) is 0. The minimum atomic E-state index is 0.349. The Bertz CT molecular complexity index is 514. The third-order valence-electron chi connectivity index (χ3n) is 3.97. The Morgan fingerprint density at radius 3 is 2.58 bits per heavy atom. The average Bonchev–Trinajstić information content (AvgIpc) is 2.43. The van der Waals surface area contributed by atoms with E-state index >= 15 is 0 Å². The highest BCUT2D eigenvalue weighted by Crippen LogP contribution is 2.33. The highest BCUT2D eigenvalue weighted by atomic mass is 16.1. The molecule has 19 heavy (non-hydrogen) atoms. The highest BCUT2D eigenvalue weighted by molar-refractivity contribution is 6.03. The van der Waals surface area contributed by atoms with Crippen molar-refractivity contribution in [1.29, 1.82) is 0 Å². The molecule has 1 aromatic rings. The molecular formula is C17H23NO. The van der Waals surface area contributed by atoms with Gasteiger partial charge in [0.25, 0.3) is 0 Å². The minimum Gasteiger partial charge on any atom is -0.399 e. The summed E-state index contributed by atoms with van der Waals surface area (Å²) in [6, 6.07) is 6.07. The number of carbonyl (C=O) groups excluding carboxylic acids is 1. The van der Waals surface area contributed by atoms with Gasteiger partial charge in [-0.25, -0.2) is 0 Å². The number of hydrogen-bond acceptors (Lipinski definition) is 2. The van der Waals surface area contributed by atoms with Crippen LogP contribution in [0.1, 0.15) is 57.1 Å². The molecule has 0 unspecified atom stereocenters. The molecule has 2 rings (SSSR count). The number of ketones is 1. The van der Waals surface area contributed by atoms with Crippen LogP contribution in [0.2, 0.25) is 0 Å². The number of allylic oxidation sites excluding steroid dienone is 2. The first kappa shape index (κ1) is 13.9. The maximum Gasteiger partial charge on any atom is 0.159 e. The molecule has 1 fully saturated rings. The van der Waals surface area contributed by atoms with Crippen LogP contribution >= 0.6 is 0 Å². The zero-order valence-corrected chi connectivity index (χ0v) is 12.0. The molecule has 0 radical (unpaired) electrons. The molecule has 1 aliphatic rings. The van der Waals surface area contributed by atoms with Crippen molar-refractivity contribution in [2.45, 2.75) is 52.4 Å². The molecule has 1 aromatic carbocycles. The Balaban J connectivity index is 2.52. The van der Waals surface area contributed by atoms with Gasteiger partial charge < -0.3 is 5.73 Å². The Morgan fingerprint density at radius 1 is 1.21 bits per heavy atom. The smallest absolute Gasteiger partial charge is 0.159 e. The molecule has 0 spiro atoms. The van der Waals surface area contributed by atoms with Crippen molar-refractivity contribution in [3.63, 3.8) is 0 Å². The molecule has 0 saturated heterocycles. The summed E-state index contributed by atoms with van der Waals surface area (Å²) in [6.07, 6.45) is 5.71. The number of benzene rings is 1. The summed E-state index contributed by atoms with van der Waals surface area (Å²) in [5.41, 5.74) is 11.4. The normalized spacial score (nSPS) is 18.5. The quantitative estimate of drug-likeness (QED) is 0.653. The summed E-state index contributed by atoms with van der Waals surface area (Å²) < 4.78 is 0. The molecule has 1 saturated carbocycles. The SMILES string of the molecule is CCC(=C1CCCCC1=O)c1ccc(N)cc1CC. The van der Waals surface area contributed by atoms with Crippen molar-refractivity contribution in [1.82, 2.24) is 0 Å². The molecule has 0 atom stereocenters. The van der Waals surface area contributed by atoms with E-state index in [1.165, 1.54) is 16.7 Å². The number of nitrogen functional groups attached to an aromatic ring is 1. The van der Waals surface area contributed by atoms with Crippen LogP contribution in [0.5, 0.6) is 0 Å². The lowest BCUT2D eigenvalue weighted by molar-refractivity contribution is -0.116. The second-order valence-corrected chi connectivity index (χ2v) is 5.21. The molecular weight excluding hydrogens is 234 g/mol. The van der Waals surface area contributed by atoms with Crippen molar-refractivity contribution >= 4 is 17.0 Å². The lowest BCUT2D eigenvalue weighted by Gasteiger charge is -2.20. The Morgan fingerprint density at radius 2 is 1.95 bits per heavy atom. The molecule has 0 amide bonds. The van der Waals surface area contributed by atoms with E-state index in [0.717, 1.165) is 49.8 Å². The van der Waals surface area contributed by atoms with Gasteiger partial charge in [-0.15, -0.1) is 0 Å². The van der Waals surface area contributed by atoms with Crippen LogP contribution in [-0.2, 0) is 11.2 Å². The van der Waals surface area contributed by atoms with Gasteiger partial charge in [0.15, 0.2) is 5.78 Å². The number of nitrogens with two attached hydrogens (primary N) is 1. The Kier molecular flexibility index (Phi) is 4.41. The maximum absolute atomic E-state index is 12.2. The summed E-state index contributed by atoms with van der Waals surface area (Å²) in [4.78, 5) is 12.2. The second-order valence-electron chi connectivity index (χ2n) is 5.21. The van der Waals surface area contributed by atoms with Crippen LogP contribution in [0.15, 0.2) is 23.8 Å². The molecule has 0 heterocycles. The zero-order chi connectivity index (χ0) is 13.8. The topological polar surface area (TPSA) is 43.1 Å². The molecule has 2 N–H and O–H groups in total. The fourth-order valence-corrected chi connectivity index (χ4v) is 2.96. The first-order valence-corrected chi connectivity index (χ1v) is 7.31. The van der Waals surface area contributed by atoms with Gasteiger partial charge in [-0.2, -0.15) is 0 Å². The zero-order valence-electron chi connectivity index (χ0n) is 12.0. The van der Waals surface area contributed by atoms with E-state index in [0.29, 0.717) is 5.78 Å². The van der Waals surface area contributed by atoms with Gasteiger partial charge in [-0.1, -0.05) is 19.9 Å². The van der Waals surface area contributed by atoms with Crippen molar-refractivity contribution < 1.29 is 4.79 Å². The van der Waals surface area contributed by atoms with E-state index in [-0.39, 0.29) is 0 Å². The fourth-order valence-electron chi connectivity index (χ4n) is 2.96. The molecule has 102 valence electrons. The third-order valence-corrected chi connectivity index (χ3v) is 3.97. The van der Waals surface area contributed by atoms with Gasteiger partial charge in [-0.3, -0.25) is 4.79 Å². The maximum atomic E-state index is 12.2. The van der Waals surface area contributed by atoms with E-state index < -0.39 is 0 Å². The number of rotatable bonds is 3. The summed E-state index contributed by atoms with van der Waals surface area (Å²) in [5.74, 6) is 0.349. The van der Waals surface area contributed by atoms with Crippen molar-refractivity contribution in [2.75, 3.05) is 5.73 Å². The van der Waals surface area contributed by atoms with Crippen LogP contribution in [0.25, 0.3) is 5.57 Å². The monoisotopic (exact) mass is 257 g/mol. The fraction of sp³-hybridized carbons (Fsp3) is 0.471. The van der Waals surface area contributed by atoms with Crippen LogP contribution < -0.4 is 5.73 Å². The molecule has 2 nitrogen and oxygen atoms in total. The molecule has 0 aliphatic heterocycles. The number of carbonyl (C=O) groups is 1. The van der Waals surface area contributed by atoms with E-state index in [2.05, 4.69) is 19.9 Å². The lowest BCUT2D eigenvalue weighted by atomic mass is 9.84. The van der Waals surface area contributed by atoms with Crippen LogP contribution in [0.3, 0.4) is 0 Å². The molecule has 2 heteroatoms. The van der Waals surface area contributed by atoms with Gasteiger partial charge in [0.2, 0.25) is 0 Å². The van der Waals surface area contributed by atoms with Gasteiger partial charge in [0.05, 0.1) is 0 Å². The second kappa shape index (κ2) is 6.05. The van der Waals surface area contributed by atoms with Gasteiger partial charge in [0, 0.05) is 12.1 Å². The van der Waals surface area contributed by atoms with E-state index in [4.69, 9.17) is 5.73 Å². The Hall–Kier alpha value is -1.57. The number of hydrogen-bond donors (Lipinski definition) is 1. The number of anilines is 1. The highest BCUT2D eigenvalue weighted by Gasteiger charge is 2.20. The van der Waals surface area contributed by atoms with Crippen molar-refractivity contribution in [3.05, 3.63) is 34.9 Å². The van der Waals surface area contributed by atoms with Gasteiger partial charge >= 0.3 is 0 Å². The van der Waals surface area contributed by atoms with Crippen LogP contribution in [-0.4, -0.2) is 5.78 Å². The number of aryl methyl sites for hydroxylation is 1. The van der Waals surface area contributed by atoms with E-state index in [1.807, 2.05) is 12.1 Å². The summed E-state index contributed by atoms with van der Waals surface area (Å²) >= 11 is 0. The van der Waals surface area contributed by atoms with Crippen LogP contribution in [0.4, 0.5) is 5.69 Å². The predicted molar refractivity (Wildman–Crippen MR) is 80.9 cm³/mol. The predicted octanol–water partition coefficient (Wildman–Crippen LogP) is 4.14. The average molecular weight is 257 g/mol. The standard InChI is InChI=1S/C17H23NO/c1-3-12-11-13(18)9-10-15(12)14(4-2)16-7-5-6-8-17(16)19/h9-11H,3-8,18H2,1-2H3. The molecule has 0 aromatic heterocycles. The molecule has 0 bridgehead atoms. The van der Waals surface area contributed by atoms with Gasteiger partial charge in [-0.05, 0) is 66.5 Å². The Labute approximate surface area is 115 Å². The first-order valence-electron chi connectivity index (χ1n) is 7.31. The number of Topliss-reactive ketones (excluding diaryl/α,β-unsaturated/α-hetero) is 1. The van der Waals surface area contributed by atoms with Crippen LogP contribution in [0, 0.1) is 0 Å². The van der Waals surface area contributed by atoms with E-state index in [1.54, 1.807) is 0 Å². The summed E-state index contributed by atoms with van der Waals surface area (Å²) in [6.45, 7) is 4.28. The first-order chi connectivity index (χ1) is 9.17. The van der Waals surface area contributed by atoms with Gasteiger partial charge in [0.1, 0.15) is 0 Å². The molecule has 1 aliphatic carbocycles. The van der Waals surface area contributed by atoms with E-state index in [9.17, 15) is 4.79 Å². The van der Waals surface area contributed by atoms with Crippen molar-refractivity contribution in [2.24, 2.45) is 0 Å².